The molecule has 3 heteroatoms. The third-order valence-corrected chi connectivity index (χ3v) is 3.32. The number of hydrogen-bond acceptors (Lipinski definition) is 3. The molecule has 0 aliphatic carbocycles. The van der Waals surface area contributed by atoms with E-state index in [0.717, 1.165) is 12.6 Å². The van der Waals surface area contributed by atoms with Crippen molar-refractivity contribution in [3.05, 3.63) is 24.5 Å². The summed E-state index contributed by atoms with van der Waals surface area (Å²) in [5, 5.41) is 0. The van der Waals surface area contributed by atoms with Crippen LogP contribution in [-0.4, -0.2) is 42.1 Å². The summed E-state index contributed by atoms with van der Waals surface area (Å²) in [5.41, 5.74) is 1.29. The summed E-state index contributed by atoms with van der Waals surface area (Å²) in [6.45, 7) is 4.90. The third-order valence-electron chi connectivity index (χ3n) is 3.32. The van der Waals surface area contributed by atoms with Crippen molar-refractivity contribution in [1.82, 2.24) is 9.88 Å². The van der Waals surface area contributed by atoms with E-state index in [0.29, 0.717) is 0 Å². The minimum atomic E-state index is 0.730. The minimum Gasteiger partial charge on any atom is -0.365 e. The molecule has 0 saturated carbocycles. The zero-order valence-corrected chi connectivity index (χ0v) is 8.26. The van der Waals surface area contributed by atoms with Crippen molar-refractivity contribution in [1.29, 1.82) is 0 Å². The average molecular weight is 189 g/mol. The zero-order chi connectivity index (χ0) is 9.38. The smallest absolute Gasteiger partial charge is 0.0556 e. The topological polar surface area (TPSA) is 19.4 Å². The first-order chi connectivity index (χ1) is 6.93. The summed E-state index contributed by atoms with van der Waals surface area (Å²) in [6.07, 6.45) is 5.14. The standard InChI is InChI=1S/C11H15N3/c1-2-10(8-12-4-1)14-7-6-13-5-3-11(14)9-13/h1-2,4,8,11H,3,5-7,9H2. The van der Waals surface area contributed by atoms with Gasteiger partial charge in [-0.05, 0) is 18.6 Å². The Morgan fingerprint density at radius 2 is 2.29 bits per heavy atom. The number of piperazine rings is 1. The van der Waals surface area contributed by atoms with Crippen LogP contribution in [0.15, 0.2) is 24.5 Å². The molecular formula is C11H15N3. The van der Waals surface area contributed by atoms with Crippen LogP contribution in [0.3, 0.4) is 0 Å². The molecule has 0 aromatic carbocycles. The lowest BCUT2D eigenvalue weighted by Gasteiger charge is -2.35. The van der Waals surface area contributed by atoms with E-state index in [1.165, 1.54) is 31.7 Å². The van der Waals surface area contributed by atoms with Gasteiger partial charge in [0.05, 0.1) is 11.9 Å². The molecular weight excluding hydrogens is 174 g/mol. The Kier molecular flexibility index (Phi) is 1.91. The Morgan fingerprint density at radius 3 is 3.14 bits per heavy atom. The van der Waals surface area contributed by atoms with Crippen molar-refractivity contribution in [2.45, 2.75) is 12.5 Å². The summed E-state index contributed by atoms with van der Waals surface area (Å²) in [4.78, 5) is 9.25. The average Bonchev–Trinajstić information content (AvgIpc) is 2.62. The largest absolute Gasteiger partial charge is 0.365 e. The fourth-order valence-corrected chi connectivity index (χ4v) is 2.56. The van der Waals surface area contributed by atoms with Crippen molar-refractivity contribution in [3.63, 3.8) is 0 Å². The Morgan fingerprint density at radius 1 is 1.29 bits per heavy atom. The van der Waals surface area contributed by atoms with E-state index < -0.39 is 0 Å². The van der Waals surface area contributed by atoms with Gasteiger partial charge in [0.15, 0.2) is 0 Å². The van der Waals surface area contributed by atoms with Crippen molar-refractivity contribution in [2.75, 3.05) is 31.1 Å². The van der Waals surface area contributed by atoms with Crippen LogP contribution in [0.1, 0.15) is 6.42 Å². The molecule has 0 amide bonds. The Labute approximate surface area is 84.3 Å². The van der Waals surface area contributed by atoms with E-state index in [2.05, 4.69) is 20.9 Å². The van der Waals surface area contributed by atoms with E-state index in [4.69, 9.17) is 0 Å². The third kappa shape index (κ3) is 1.28. The molecule has 2 atom stereocenters. The van der Waals surface area contributed by atoms with Crippen LogP contribution in [0, 0.1) is 0 Å². The molecule has 2 aliphatic rings. The van der Waals surface area contributed by atoms with Gasteiger partial charge in [0.1, 0.15) is 0 Å². The molecule has 2 fully saturated rings. The predicted octanol–water partition coefficient (Wildman–Crippen LogP) is 0.976. The Bertz CT molecular complexity index is 312. The van der Waals surface area contributed by atoms with E-state index >= 15 is 0 Å². The molecule has 2 bridgehead atoms. The Hall–Kier alpha value is -1.09. The van der Waals surface area contributed by atoms with Gasteiger partial charge in [0.25, 0.3) is 0 Å². The first-order valence-corrected chi connectivity index (χ1v) is 5.32. The molecule has 2 unspecified atom stereocenters. The molecule has 1 aromatic rings. The predicted molar refractivity (Wildman–Crippen MR) is 56.4 cm³/mol. The molecule has 2 aliphatic heterocycles. The number of fused-ring (bicyclic) bond motifs is 2. The number of anilines is 1. The van der Waals surface area contributed by atoms with E-state index in [1.54, 1.807) is 0 Å². The van der Waals surface area contributed by atoms with Gasteiger partial charge in [0, 0.05) is 38.4 Å². The van der Waals surface area contributed by atoms with Crippen LogP contribution >= 0.6 is 0 Å². The molecule has 1 aromatic heterocycles. The van der Waals surface area contributed by atoms with Gasteiger partial charge in [-0.1, -0.05) is 0 Å². The molecule has 0 radical (unpaired) electrons. The minimum absolute atomic E-state index is 0.730. The zero-order valence-electron chi connectivity index (χ0n) is 8.26. The van der Waals surface area contributed by atoms with Gasteiger partial charge in [-0.3, -0.25) is 9.88 Å². The summed E-state index contributed by atoms with van der Waals surface area (Å²) >= 11 is 0. The van der Waals surface area contributed by atoms with Gasteiger partial charge in [-0.2, -0.15) is 0 Å². The molecule has 2 saturated heterocycles. The highest BCUT2D eigenvalue weighted by Crippen LogP contribution is 2.25. The second-order valence-electron chi connectivity index (χ2n) is 4.15. The number of hydrogen-bond donors (Lipinski definition) is 0. The molecule has 3 heterocycles. The lowest BCUT2D eigenvalue weighted by molar-refractivity contribution is 0.310. The number of aromatic nitrogens is 1. The molecule has 0 N–H and O–H groups in total. The van der Waals surface area contributed by atoms with E-state index in [9.17, 15) is 0 Å². The van der Waals surface area contributed by atoms with Crippen LogP contribution in [0.25, 0.3) is 0 Å². The van der Waals surface area contributed by atoms with Gasteiger partial charge in [0.2, 0.25) is 0 Å². The van der Waals surface area contributed by atoms with Crippen molar-refractivity contribution >= 4 is 5.69 Å². The summed E-state index contributed by atoms with van der Waals surface area (Å²) in [6, 6.07) is 4.92. The second-order valence-corrected chi connectivity index (χ2v) is 4.15. The highest BCUT2D eigenvalue weighted by atomic mass is 15.3. The second kappa shape index (κ2) is 3.24. The monoisotopic (exact) mass is 189 g/mol. The molecule has 3 rings (SSSR count). The van der Waals surface area contributed by atoms with Gasteiger partial charge < -0.3 is 4.90 Å². The van der Waals surface area contributed by atoms with Crippen molar-refractivity contribution in [3.8, 4) is 0 Å². The number of nitrogens with zero attached hydrogens (tertiary/aromatic N) is 3. The normalized spacial score (nSPS) is 30.7. The van der Waals surface area contributed by atoms with E-state index in [-0.39, 0.29) is 0 Å². The number of rotatable bonds is 1. The fraction of sp³-hybridized carbons (Fsp3) is 0.545. The van der Waals surface area contributed by atoms with E-state index in [1.807, 2.05) is 18.5 Å². The summed E-state index contributed by atoms with van der Waals surface area (Å²) < 4.78 is 0. The SMILES string of the molecule is c1cncc(N2CCN3CCC2C3)c1. The lowest BCUT2D eigenvalue weighted by Crippen LogP contribution is -2.46. The summed E-state index contributed by atoms with van der Waals surface area (Å²) in [5.74, 6) is 0. The molecule has 74 valence electrons. The van der Waals surface area contributed by atoms with Crippen LogP contribution in [0.2, 0.25) is 0 Å². The van der Waals surface area contributed by atoms with Crippen LogP contribution in [0.5, 0.6) is 0 Å². The van der Waals surface area contributed by atoms with Gasteiger partial charge in [-0.25, -0.2) is 0 Å². The quantitative estimate of drug-likeness (QED) is 0.656. The Balaban J connectivity index is 1.85. The summed E-state index contributed by atoms with van der Waals surface area (Å²) in [7, 11) is 0. The number of pyridine rings is 1. The van der Waals surface area contributed by atoms with Crippen LogP contribution in [-0.2, 0) is 0 Å². The molecule has 0 spiro atoms. The maximum Gasteiger partial charge on any atom is 0.0556 e. The highest BCUT2D eigenvalue weighted by molar-refractivity contribution is 5.46. The maximum absolute atomic E-state index is 4.19. The fourth-order valence-electron chi connectivity index (χ4n) is 2.56. The van der Waals surface area contributed by atoms with Crippen molar-refractivity contribution < 1.29 is 0 Å². The van der Waals surface area contributed by atoms with Crippen molar-refractivity contribution in [2.24, 2.45) is 0 Å². The maximum atomic E-state index is 4.19. The van der Waals surface area contributed by atoms with Gasteiger partial charge >= 0.3 is 0 Å². The van der Waals surface area contributed by atoms with Gasteiger partial charge in [-0.15, -0.1) is 0 Å². The lowest BCUT2D eigenvalue weighted by atomic mass is 10.2. The first kappa shape index (κ1) is 8.24. The molecule has 3 nitrogen and oxygen atoms in total. The van der Waals surface area contributed by atoms with Crippen LogP contribution < -0.4 is 4.90 Å². The van der Waals surface area contributed by atoms with Crippen LogP contribution in [0.4, 0.5) is 5.69 Å². The first-order valence-electron chi connectivity index (χ1n) is 5.32. The molecule has 14 heavy (non-hydrogen) atoms. The highest BCUT2D eigenvalue weighted by Gasteiger charge is 2.32.